The zero-order valence-corrected chi connectivity index (χ0v) is 12.5. The summed E-state index contributed by atoms with van der Waals surface area (Å²) in [6, 6.07) is 13.1. The maximum atomic E-state index is 12.6. The van der Waals surface area contributed by atoms with Gasteiger partial charge in [-0.05, 0) is 42.5 Å². The van der Waals surface area contributed by atoms with Crippen molar-refractivity contribution in [3.63, 3.8) is 0 Å². The van der Waals surface area contributed by atoms with E-state index in [2.05, 4.69) is 5.32 Å². The normalized spacial score (nSPS) is 12.3. The molecular formula is C17H15F3N2O2. The van der Waals surface area contributed by atoms with Crippen molar-refractivity contribution in [2.45, 2.75) is 12.3 Å². The Morgan fingerprint density at radius 3 is 2.50 bits per heavy atom. The van der Waals surface area contributed by atoms with Crippen LogP contribution in [0.4, 0.5) is 18.9 Å². The summed E-state index contributed by atoms with van der Waals surface area (Å²) in [5.74, 6) is 0.0437. The molecular weight excluding hydrogens is 321 g/mol. The first-order chi connectivity index (χ1) is 11.4. The van der Waals surface area contributed by atoms with E-state index in [9.17, 15) is 18.3 Å². The van der Waals surface area contributed by atoms with Gasteiger partial charge in [-0.3, -0.25) is 0 Å². The van der Waals surface area contributed by atoms with E-state index in [0.29, 0.717) is 11.3 Å². The molecule has 4 nitrogen and oxygen atoms in total. The van der Waals surface area contributed by atoms with Crippen molar-refractivity contribution in [1.82, 2.24) is 0 Å². The van der Waals surface area contributed by atoms with Gasteiger partial charge in [-0.25, -0.2) is 0 Å². The van der Waals surface area contributed by atoms with Crippen LogP contribution in [0.5, 0.6) is 5.75 Å². The molecule has 24 heavy (non-hydrogen) atoms. The summed E-state index contributed by atoms with van der Waals surface area (Å²) in [5, 5.41) is 21.5. The molecule has 0 amide bonds. The molecule has 0 saturated carbocycles. The predicted octanol–water partition coefficient (Wildman–Crippen LogP) is 3.43. The molecule has 0 fully saturated rings. The average Bonchev–Trinajstić information content (AvgIpc) is 2.58. The van der Waals surface area contributed by atoms with Crippen LogP contribution in [0.3, 0.4) is 0 Å². The van der Waals surface area contributed by atoms with Gasteiger partial charge in [0, 0.05) is 12.2 Å². The number of anilines is 1. The Labute approximate surface area is 137 Å². The Kier molecular flexibility index (Phi) is 5.66. The fourth-order valence-electron chi connectivity index (χ4n) is 1.91. The second-order valence-electron chi connectivity index (χ2n) is 5.06. The third kappa shape index (κ3) is 5.18. The van der Waals surface area contributed by atoms with Crippen LogP contribution in [0.1, 0.15) is 11.1 Å². The Balaban J connectivity index is 1.82. The number of ether oxygens (including phenoxy) is 1. The molecule has 0 aliphatic rings. The quantitative estimate of drug-likeness (QED) is 0.848. The maximum absolute atomic E-state index is 12.6. The third-order valence-electron chi connectivity index (χ3n) is 3.16. The maximum Gasteiger partial charge on any atom is 0.416 e. The minimum absolute atomic E-state index is 0.0437. The van der Waals surface area contributed by atoms with E-state index in [1.54, 1.807) is 24.3 Å². The lowest BCUT2D eigenvalue weighted by molar-refractivity contribution is -0.137. The van der Waals surface area contributed by atoms with E-state index in [-0.39, 0.29) is 18.9 Å². The molecule has 0 aromatic heterocycles. The highest BCUT2D eigenvalue weighted by Crippen LogP contribution is 2.31. The van der Waals surface area contributed by atoms with E-state index in [4.69, 9.17) is 10.00 Å². The van der Waals surface area contributed by atoms with Gasteiger partial charge in [0.15, 0.2) is 0 Å². The lowest BCUT2D eigenvalue weighted by atomic mass is 10.2. The van der Waals surface area contributed by atoms with Gasteiger partial charge < -0.3 is 15.2 Å². The summed E-state index contributed by atoms with van der Waals surface area (Å²) in [7, 11) is 0. The Hall–Kier alpha value is -2.72. The van der Waals surface area contributed by atoms with Gasteiger partial charge in [-0.1, -0.05) is 6.07 Å². The molecule has 0 saturated heterocycles. The predicted molar refractivity (Wildman–Crippen MR) is 82.6 cm³/mol. The summed E-state index contributed by atoms with van der Waals surface area (Å²) in [5.41, 5.74) is 0.436. The van der Waals surface area contributed by atoms with E-state index in [1.807, 2.05) is 6.07 Å². The molecule has 0 bridgehead atoms. The van der Waals surface area contributed by atoms with Gasteiger partial charge >= 0.3 is 6.18 Å². The Bertz CT molecular complexity index is 709. The summed E-state index contributed by atoms with van der Waals surface area (Å²) in [6.07, 6.45) is -5.34. The first-order valence-corrected chi connectivity index (χ1v) is 7.10. The summed E-state index contributed by atoms with van der Waals surface area (Å²) >= 11 is 0. The fraction of sp³-hybridized carbons (Fsp3) is 0.235. The average molecular weight is 336 g/mol. The van der Waals surface area contributed by atoms with Crippen molar-refractivity contribution in [1.29, 1.82) is 5.26 Å². The lowest BCUT2D eigenvalue weighted by Crippen LogP contribution is -2.26. The van der Waals surface area contributed by atoms with E-state index in [1.165, 1.54) is 12.1 Å². The van der Waals surface area contributed by atoms with E-state index in [0.717, 1.165) is 12.1 Å². The molecule has 0 aliphatic heterocycles. The SMILES string of the molecule is N#Cc1ccc(NCC(O)COc2cccc(C(F)(F)F)c2)cc1. The number of rotatable bonds is 6. The molecule has 0 aliphatic carbocycles. The number of hydrogen-bond donors (Lipinski definition) is 2. The minimum atomic E-state index is -4.44. The van der Waals surface area contributed by atoms with Crippen LogP contribution in [0.15, 0.2) is 48.5 Å². The van der Waals surface area contributed by atoms with Crippen LogP contribution >= 0.6 is 0 Å². The van der Waals surface area contributed by atoms with Gasteiger partial charge in [0.2, 0.25) is 0 Å². The molecule has 0 heterocycles. The number of halogens is 3. The molecule has 2 N–H and O–H groups in total. The smallest absolute Gasteiger partial charge is 0.416 e. The van der Waals surface area contributed by atoms with Crippen molar-refractivity contribution in [3.05, 3.63) is 59.7 Å². The van der Waals surface area contributed by atoms with Crippen molar-refractivity contribution >= 4 is 5.69 Å². The number of aliphatic hydroxyl groups is 1. The van der Waals surface area contributed by atoms with Gasteiger partial charge in [0.25, 0.3) is 0 Å². The van der Waals surface area contributed by atoms with Gasteiger partial charge in [0.05, 0.1) is 17.2 Å². The van der Waals surface area contributed by atoms with Gasteiger partial charge in [-0.15, -0.1) is 0 Å². The first kappa shape index (κ1) is 17.6. The summed E-state index contributed by atoms with van der Waals surface area (Å²) in [6.45, 7) is 0.00938. The zero-order valence-electron chi connectivity index (χ0n) is 12.5. The number of hydrogen-bond acceptors (Lipinski definition) is 4. The molecule has 2 rings (SSSR count). The fourth-order valence-corrected chi connectivity index (χ4v) is 1.91. The van der Waals surface area contributed by atoms with Crippen LogP contribution in [-0.2, 0) is 6.18 Å². The number of alkyl halides is 3. The highest BCUT2D eigenvalue weighted by atomic mass is 19.4. The molecule has 0 radical (unpaired) electrons. The standard InChI is InChI=1S/C17H15F3N2O2/c18-17(19,20)13-2-1-3-16(8-13)24-11-15(23)10-22-14-6-4-12(9-21)5-7-14/h1-8,15,22-23H,10-11H2. The molecule has 7 heteroatoms. The van der Waals surface area contributed by atoms with Crippen molar-refractivity contribution in [3.8, 4) is 11.8 Å². The van der Waals surface area contributed by atoms with Gasteiger partial charge in [0.1, 0.15) is 18.5 Å². The first-order valence-electron chi connectivity index (χ1n) is 7.10. The van der Waals surface area contributed by atoms with Crippen molar-refractivity contribution in [2.24, 2.45) is 0 Å². The molecule has 2 aromatic rings. The molecule has 1 unspecified atom stereocenters. The van der Waals surface area contributed by atoms with E-state index >= 15 is 0 Å². The van der Waals surface area contributed by atoms with Crippen molar-refractivity contribution < 1.29 is 23.0 Å². The minimum Gasteiger partial charge on any atom is -0.491 e. The summed E-state index contributed by atoms with van der Waals surface area (Å²) < 4.78 is 43.0. The van der Waals surface area contributed by atoms with Gasteiger partial charge in [-0.2, -0.15) is 18.4 Å². The van der Waals surface area contributed by atoms with Crippen LogP contribution in [0, 0.1) is 11.3 Å². The second-order valence-corrected chi connectivity index (χ2v) is 5.06. The topological polar surface area (TPSA) is 65.3 Å². The molecule has 0 spiro atoms. The molecule has 2 aromatic carbocycles. The Morgan fingerprint density at radius 1 is 1.17 bits per heavy atom. The molecule has 1 atom stereocenters. The number of nitrogens with zero attached hydrogens (tertiary/aromatic N) is 1. The number of nitrogens with one attached hydrogen (secondary N) is 1. The highest BCUT2D eigenvalue weighted by Gasteiger charge is 2.30. The highest BCUT2D eigenvalue weighted by molar-refractivity contribution is 5.47. The van der Waals surface area contributed by atoms with E-state index < -0.39 is 17.8 Å². The number of nitriles is 1. The largest absolute Gasteiger partial charge is 0.491 e. The monoisotopic (exact) mass is 336 g/mol. The number of benzene rings is 2. The second kappa shape index (κ2) is 7.70. The van der Waals surface area contributed by atoms with Crippen molar-refractivity contribution in [2.75, 3.05) is 18.5 Å². The molecule has 126 valence electrons. The van der Waals surface area contributed by atoms with Crippen LogP contribution < -0.4 is 10.1 Å². The lowest BCUT2D eigenvalue weighted by Gasteiger charge is -2.15. The number of aliphatic hydroxyl groups excluding tert-OH is 1. The van der Waals surface area contributed by atoms with Crippen LogP contribution in [-0.4, -0.2) is 24.4 Å². The zero-order chi connectivity index (χ0) is 17.6. The third-order valence-corrected chi connectivity index (χ3v) is 3.16. The summed E-state index contributed by atoms with van der Waals surface area (Å²) in [4.78, 5) is 0. The Morgan fingerprint density at radius 2 is 1.88 bits per heavy atom. The van der Waals surface area contributed by atoms with Crippen LogP contribution in [0.25, 0.3) is 0 Å². The van der Waals surface area contributed by atoms with Crippen LogP contribution in [0.2, 0.25) is 0 Å².